The Kier molecular flexibility index (Phi) is 8.73. The van der Waals surface area contributed by atoms with E-state index in [1.807, 2.05) is 18.2 Å². The highest BCUT2D eigenvalue weighted by molar-refractivity contribution is 5.54. The van der Waals surface area contributed by atoms with Crippen LogP contribution in [0.1, 0.15) is 55.5 Å². The maximum absolute atomic E-state index is 9.17. The molecule has 0 unspecified atom stereocenters. The number of hydrogen-bond donors (Lipinski definition) is 1. The van der Waals surface area contributed by atoms with Crippen LogP contribution in [0.3, 0.4) is 0 Å². The molecule has 4 rings (SSSR count). The van der Waals surface area contributed by atoms with Crippen molar-refractivity contribution >= 4 is 5.82 Å². The van der Waals surface area contributed by atoms with Crippen molar-refractivity contribution in [3.05, 3.63) is 47.4 Å². The Labute approximate surface area is 203 Å². The van der Waals surface area contributed by atoms with Crippen LogP contribution in [0.5, 0.6) is 5.75 Å². The minimum Gasteiger partial charge on any atom is -0.481 e. The molecule has 0 radical (unpaired) electrons. The van der Waals surface area contributed by atoms with Crippen LogP contribution < -0.4 is 10.1 Å². The first kappa shape index (κ1) is 24.0. The maximum atomic E-state index is 9.17. The molecule has 7 heteroatoms. The topological polar surface area (TPSA) is 77.3 Å². The third-order valence-electron chi connectivity index (χ3n) is 6.51. The van der Waals surface area contributed by atoms with Gasteiger partial charge in [0.15, 0.2) is 0 Å². The monoisotopic (exact) mass is 458 g/mol. The molecule has 1 N–H and O–H groups in total. The Bertz CT molecular complexity index is 1030. The molecule has 2 aromatic rings. The van der Waals surface area contributed by atoms with Crippen molar-refractivity contribution in [1.82, 2.24) is 19.8 Å². The molecule has 0 spiro atoms. The standard InChI is InChI=1S/C27H34N6O/c1-32-14-6-15-33(17-16-32)21-22-10-12-25(13-11-22)34-18-5-7-23-20-29-26(19-28)31-27(23)30-24-8-3-2-4-9-24/h10-13,20,24H,2-4,6,8-9,14-18,21H2,1H3,(H,29,30,31). The van der Waals surface area contributed by atoms with Crippen molar-refractivity contribution in [2.24, 2.45) is 0 Å². The number of nitriles is 1. The van der Waals surface area contributed by atoms with E-state index >= 15 is 0 Å². The summed E-state index contributed by atoms with van der Waals surface area (Å²) < 4.78 is 5.83. The van der Waals surface area contributed by atoms with Gasteiger partial charge in [-0.05, 0) is 57.1 Å². The highest BCUT2D eigenvalue weighted by Gasteiger charge is 2.16. The summed E-state index contributed by atoms with van der Waals surface area (Å²) in [6, 6.07) is 10.7. The van der Waals surface area contributed by atoms with Crippen LogP contribution in [0.25, 0.3) is 0 Å². The van der Waals surface area contributed by atoms with Crippen molar-refractivity contribution in [3.63, 3.8) is 0 Å². The SMILES string of the molecule is CN1CCCN(Cc2ccc(OCC#Cc3cnc(C#N)nc3NC3CCCCC3)cc2)CC1. The quantitative estimate of drug-likeness (QED) is 0.662. The lowest BCUT2D eigenvalue weighted by atomic mass is 9.95. The number of benzene rings is 1. The predicted molar refractivity (Wildman–Crippen MR) is 133 cm³/mol. The average Bonchev–Trinajstić information content (AvgIpc) is 3.08. The Hall–Kier alpha value is -3.13. The second-order valence-corrected chi connectivity index (χ2v) is 9.21. The number of nitrogens with zero attached hydrogens (tertiary/aromatic N) is 5. The fourth-order valence-electron chi connectivity index (χ4n) is 4.54. The molecule has 2 aliphatic rings. The fraction of sp³-hybridized carbons (Fsp3) is 0.519. The van der Waals surface area contributed by atoms with E-state index in [2.05, 4.69) is 56.1 Å². The normalized spacial score (nSPS) is 17.8. The van der Waals surface area contributed by atoms with Crippen LogP contribution >= 0.6 is 0 Å². The molecular formula is C27H34N6O. The largest absolute Gasteiger partial charge is 0.481 e. The zero-order valence-electron chi connectivity index (χ0n) is 20.1. The van der Waals surface area contributed by atoms with Gasteiger partial charge in [-0.25, -0.2) is 9.97 Å². The van der Waals surface area contributed by atoms with Gasteiger partial charge in [0.05, 0.1) is 5.56 Å². The minimum atomic E-state index is 0.160. The van der Waals surface area contributed by atoms with Crippen LogP contribution in [0, 0.1) is 23.2 Å². The van der Waals surface area contributed by atoms with Gasteiger partial charge in [0.25, 0.3) is 0 Å². The van der Waals surface area contributed by atoms with Crippen LogP contribution in [0.4, 0.5) is 5.82 Å². The van der Waals surface area contributed by atoms with Crippen molar-refractivity contribution in [3.8, 4) is 23.7 Å². The molecule has 0 atom stereocenters. The van der Waals surface area contributed by atoms with E-state index in [9.17, 15) is 0 Å². The second-order valence-electron chi connectivity index (χ2n) is 9.21. The Morgan fingerprint density at radius 2 is 1.88 bits per heavy atom. The first-order chi connectivity index (χ1) is 16.7. The number of ether oxygens (including phenoxy) is 1. The maximum Gasteiger partial charge on any atom is 0.234 e. The van der Waals surface area contributed by atoms with E-state index in [0.717, 1.165) is 44.8 Å². The Morgan fingerprint density at radius 3 is 2.68 bits per heavy atom. The molecular weight excluding hydrogens is 424 g/mol. The van der Waals surface area contributed by atoms with Crippen LogP contribution in [0.2, 0.25) is 0 Å². The highest BCUT2D eigenvalue weighted by Crippen LogP contribution is 2.22. The molecule has 178 valence electrons. The van der Waals surface area contributed by atoms with E-state index in [1.54, 1.807) is 6.20 Å². The number of rotatable bonds is 6. The third-order valence-corrected chi connectivity index (χ3v) is 6.51. The number of likely N-dealkylation sites (N-methyl/N-ethyl adjacent to an activating group) is 1. The zero-order chi connectivity index (χ0) is 23.6. The van der Waals surface area contributed by atoms with Gasteiger partial charge in [-0.3, -0.25) is 4.90 Å². The van der Waals surface area contributed by atoms with Gasteiger partial charge < -0.3 is 15.0 Å². The van der Waals surface area contributed by atoms with Crippen molar-refractivity contribution in [1.29, 1.82) is 5.26 Å². The summed E-state index contributed by atoms with van der Waals surface area (Å²) >= 11 is 0. The molecule has 2 heterocycles. The van der Waals surface area contributed by atoms with Crippen molar-refractivity contribution in [2.75, 3.05) is 45.2 Å². The number of aromatic nitrogens is 2. The molecule has 7 nitrogen and oxygen atoms in total. The summed E-state index contributed by atoms with van der Waals surface area (Å²) in [4.78, 5) is 13.4. The fourth-order valence-corrected chi connectivity index (χ4v) is 4.54. The molecule has 34 heavy (non-hydrogen) atoms. The summed E-state index contributed by atoms with van der Waals surface area (Å²) in [6.45, 7) is 5.82. The highest BCUT2D eigenvalue weighted by atomic mass is 16.5. The van der Waals surface area contributed by atoms with Crippen LogP contribution in [0.15, 0.2) is 30.5 Å². The predicted octanol–water partition coefficient (Wildman–Crippen LogP) is 3.66. The van der Waals surface area contributed by atoms with Crippen molar-refractivity contribution in [2.45, 2.75) is 51.1 Å². The van der Waals surface area contributed by atoms with E-state index in [0.29, 0.717) is 17.4 Å². The molecule has 1 aliphatic carbocycles. The van der Waals surface area contributed by atoms with Gasteiger partial charge in [-0.1, -0.05) is 43.2 Å². The lowest BCUT2D eigenvalue weighted by Crippen LogP contribution is -2.28. The lowest BCUT2D eigenvalue weighted by molar-refractivity contribution is 0.269. The van der Waals surface area contributed by atoms with Crippen molar-refractivity contribution < 1.29 is 4.74 Å². The molecule has 1 saturated carbocycles. The Morgan fingerprint density at radius 1 is 1.06 bits per heavy atom. The molecule has 0 bridgehead atoms. The first-order valence-electron chi connectivity index (χ1n) is 12.3. The molecule has 1 saturated heterocycles. The smallest absolute Gasteiger partial charge is 0.234 e. The van der Waals surface area contributed by atoms with Gasteiger partial charge in [-0.15, -0.1) is 0 Å². The zero-order valence-corrected chi connectivity index (χ0v) is 20.1. The third kappa shape index (κ3) is 7.18. The summed E-state index contributed by atoms with van der Waals surface area (Å²) in [5.74, 6) is 7.80. The Balaban J connectivity index is 1.31. The van der Waals surface area contributed by atoms with Gasteiger partial charge in [-0.2, -0.15) is 5.26 Å². The lowest BCUT2D eigenvalue weighted by Gasteiger charge is -2.23. The summed E-state index contributed by atoms with van der Waals surface area (Å²) in [5.41, 5.74) is 2.00. The molecule has 0 amide bonds. The number of anilines is 1. The summed E-state index contributed by atoms with van der Waals surface area (Å²) in [6.07, 6.45) is 8.80. The number of hydrogen-bond acceptors (Lipinski definition) is 7. The minimum absolute atomic E-state index is 0.160. The first-order valence-corrected chi connectivity index (χ1v) is 12.3. The second kappa shape index (κ2) is 12.4. The molecule has 1 aromatic carbocycles. The van der Waals surface area contributed by atoms with E-state index in [1.165, 1.54) is 37.8 Å². The molecule has 2 fully saturated rings. The van der Waals surface area contributed by atoms with E-state index < -0.39 is 0 Å². The van der Waals surface area contributed by atoms with Crippen LogP contribution in [-0.4, -0.2) is 65.6 Å². The van der Waals surface area contributed by atoms with Gasteiger partial charge in [0.2, 0.25) is 5.82 Å². The number of nitrogens with one attached hydrogen (secondary N) is 1. The summed E-state index contributed by atoms with van der Waals surface area (Å²) in [5, 5.41) is 12.6. The van der Waals surface area contributed by atoms with E-state index in [-0.39, 0.29) is 12.4 Å². The van der Waals surface area contributed by atoms with Gasteiger partial charge >= 0.3 is 0 Å². The summed E-state index contributed by atoms with van der Waals surface area (Å²) in [7, 11) is 2.20. The van der Waals surface area contributed by atoms with Gasteiger partial charge in [0, 0.05) is 31.9 Å². The molecule has 1 aliphatic heterocycles. The molecule has 1 aromatic heterocycles. The van der Waals surface area contributed by atoms with Crippen LogP contribution in [-0.2, 0) is 6.54 Å². The van der Waals surface area contributed by atoms with E-state index in [4.69, 9.17) is 10.00 Å². The average molecular weight is 459 g/mol. The van der Waals surface area contributed by atoms with Gasteiger partial charge in [0.1, 0.15) is 24.2 Å².